The molecule has 1 amide bonds. The Bertz CT molecular complexity index is 627. The molecular weight excluding hydrogens is 312 g/mol. The Morgan fingerprint density at radius 1 is 1.14 bits per heavy atom. The summed E-state index contributed by atoms with van der Waals surface area (Å²) in [6.07, 6.45) is 0.523. The molecule has 0 saturated heterocycles. The second kappa shape index (κ2) is 7.75. The van der Waals surface area contributed by atoms with Gasteiger partial charge in [0.25, 0.3) is 5.91 Å². The lowest BCUT2D eigenvalue weighted by Crippen LogP contribution is -2.26. The zero-order valence-electron chi connectivity index (χ0n) is 11.6. The average Bonchev–Trinajstić information content (AvgIpc) is 2.48. The molecule has 0 atom stereocenters. The minimum Gasteiger partial charge on any atom is -0.494 e. The highest BCUT2D eigenvalue weighted by Crippen LogP contribution is 2.18. The van der Waals surface area contributed by atoms with Crippen molar-refractivity contribution in [2.75, 3.05) is 13.2 Å². The first-order valence-electron chi connectivity index (χ1n) is 6.68. The van der Waals surface area contributed by atoms with Crippen LogP contribution in [0.3, 0.4) is 0 Å². The molecule has 0 spiro atoms. The molecular formula is C16H14ClF2NO2. The smallest absolute Gasteiger partial charge is 0.255 e. The summed E-state index contributed by atoms with van der Waals surface area (Å²) < 4.78 is 31.6. The zero-order chi connectivity index (χ0) is 15.9. The monoisotopic (exact) mass is 325 g/mol. The Kier molecular flexibility index (Phi) is 5.72. The van der Waals surface area contributed by atoms with Crippen LogP contribution in [0.1, 0.15) is 16.8 Å². The normalized spacial score (nSPS) is 10.3. The summed E-state index contributed by atoms with van der Waals surface area (Å²) in [7, 11) is 0. The number of hydrogen-bond donors (Lipinski definition) is 1. The van der Waals surface area contributed by atoms with Crippen molar-refractivity contribution in [2.45, 2.75) is 6.42 Å². The van der Waals surface area contributed by atoms with Crippen LogP contribution in [0.5, 0.6) is 5.75 Å². The quantitative estimate of drug-likeness (QED) is 0.820. The molecule has 1 N–H and O–H groups in total. The average molecular weight is 326 g/mol. The maximum Gasteiger partial charge on any atom is 0.255 e. The molecule has 0 aliphatic rings. The molecule has 2 aromatic rings. The van der Waals surface area contributed by atoms with Gasteiger partial charge in [-0.2, -0.15) is 0 Å². The number of benzene rings is 2. The van der Waals surface area contributed by atoms with Gasteiger partial charge in [0.15, 0.2) is 0 Å². The predicted molar refractivity (Wildman–Crippen MR) is 80.3 cm³/mol. The Balaban J connectivity index is 1.74. The minimum absolute atomic E-state index is 0.0695. The summed E-state index contributed by atoms with van der Waals surface area (Å²) in [6, 6.07) is 9.72. The van der Waals surface area contributed by atoms with E-state index in [9.17, 15) is 13.6 Å². The topological polar surface area (TPSA) is 38.3 Å². The van der Waals surface area contributed by atoms with Gasteiger partial charge in [0.2, 0.25) is 0 Å². The first-order chi connectivity index (χ1) is 10.6. The fourth-order valence-electron chi connectivity index (χ4n) is 1.80. The van der Waals surface area contributed by atoms with Crippen LogP contribution in [-0.2, 0) is 0 Å². The summed E-state index contributed by atoms with van der Waals surface area (Å²) in [5.74, 6) is -1.01. The number of rotatable bonds is 6. The third-order valence-electron chi connectivity index (χ3n) is 2.88. The van der Waals surface area contributed by atoms with Gasteiger partial charge in [-0.1, -0.05) is 17.7 Å². The van der Waals surface area contributed by atoms with Crippen LogP contribution in [0.15, 0.2) is 42.5 Å². The van der Waals surface area contributed by atoms with E-state index >= 15 is 0 Å². The SMILES string of the molecule is O=C(NCCCOc1ccc(F)cc1)c1c(F)cccc1Cl. The third-order valence-corrected chi connectivity index (χ3v) is 3.19. The molecule has 116 valence electrons. The van der Waals surface area contributed by atoms with Gasteiger partial charge < -0.3 is 10.1 Å². The maximum absolute atomic E-state index is 13.5. The number of carbonyl (C=O) groups excluding carboxylic acids is 1. The summed E-state index contributed by atoms with van der Waals surface area (Å²) in [4.78, 5) is 11.8. The predicted octanol–water partition coefficient (Wildman–Crippen LogP) is 3.82. The lowest BCUT2D eigenvalue weighted by molar-refractivity contribution is 0.0947. The van der Waals surface area contributed by atoms with Gasteiger partial charge in [-0.25, -0.2) is 8.78 Å². The second-order valence-corrected chi connectivity index (χ2v) is 4.92. The van der Waals surface area contributed by atoms with Crippen molar-refractivity contribution < 1.29 is 18.3 Å². The van der Waals surface area contributed by atoms with E-state index in [1.807, 2.05) is 0 Å². The van der Waals surface area contributed by atoms with Crippen molar-refractivity contribution in [3.8, 4) is 5.75 Å². The van der Waals surface area contributed by atoms with E-state index in [2.05, 4.69) is 5.32 Å². The van der Waals surface area contributed by atoms with Crippen molar-refractivity contribution in [3.05, 3.63) is 64.7 Å². The van der Waals surface area contributed by atoms with Crippen molar-refractivity contribution >= 4 is 17.5 Å². The molecule has 0 fully saturated rings. The van der Waals surface area contributed by atoms with Gasteiger partial charge in [0.1, 0.15) is 17.4 Å². The van der Waals surface area contributed by atoms with Gasteiger partial charge in [-0.3, -0.25) is 4.79 Å². The lowest BCUT2D eigenvalue weighted by atomic mass is 10.2. The van der Waals surface area contributed by atoms with Crippen molar-refractivity contribution in [2.24, 2.45) is 0 Å². The molecule has 0 unspecified atom stereocenters. The van der Waals surface area contributed by atoms with Crippen LogP contribution in [0.2, 0.25) is 5.02 Å². The molecule has 2 rings (SSSR count). The number of nitrogens with one attached hydrogen (secondary N) is 1. The van der Waals surface area contributed by atoms with Gasteiger partial charge in [-0.05, 0) is 42.8 Å². The van der Waals surface area contributed by atoms with Crippen LogP contribution in [0.25, 0.3) is 0 Å². The third kappa shape index (κ3) is 4.43. The molecule has 22 heavy (non-hydrogen) atoms. The summed E-state index contributed by atoms with van der Waals surface area (Å²) in [5, 5.41) is 2.64. The van der Waals surface area contributed by atoms with Crippen LogP contribution >= 0.6 is 11.6 Å². The maximum atomic E-state index is 13.5. The van der Waals surface area contributed by atoms with E-state index in [-0.39, 0.29) is 16.4 Å². The van der Waals surface area contributed by atoms with E-state index in [0.717, 1.165) is 0 Å². The van der Waals surface area contributed by atoms with Crippen LogP contribution in [-0.4, -0.2) is 19.1 Å². The van der Waals surface area contributed by atoms with Crippen molar-refractivity contribution in [1.29, 1.82) is 0 Å². The first kappa shape index (κ1) is 16.2. The second-order valence-electron chi connectivity index (χ2n) is 4.51. The summed E-state index contributed by atoms with van der Waals surface area (Å²) in [5.41, 5.74) is -0.163. The van der Waals surface area contributed by atoms with Gasteiger partial charge in [-0.15, -0.1) is 0 Å². The Hall–Kier alpha value is -2.14. The fourth-order valence-corrected chi connectivity index (χ4v) is 2.05. The molecule has 6 heteroatoms. The molecule has 2 aromatic carbocycles. The highest BCUT2D eigenvalue weighted by molar-refractivity contribution is 6.33. The Labute approximate surface area is 131 Å². The zero-order valence-corrected chi connectivity index (χ0v) is 12.4. The van der Waals surface area contributed by atoms with Crippen LogP contribution in [0, 0.1) is 11.6 Å². The molecule has 0 radical (unpaired) electrons. The highest BCUT2D eigenvalue weighted by Gasteiger charge is 2.14. The molecule has 0 heterocycles. The molecule has 0 aromatic heterocycles. The van der Waals surface area contributed by atoms with E-state index in [4.69, 9.17) is 16.3 Å². The van der Waals surface area contributed by atoms with E-state index in [1.165, 1.54) is 42.5 Å². The Morgan fingerprint density at radius 3 is 2.55 bits per heavy atom. The number of amides is 1. The molecule has 0 aliphatic heterocycles. The number of halogens is 3. The van der Waals surface area contributed by atoms with Gasteiger partial charge >= 0.3 is 0 Å². The lowest BCUT2D eigenvalue weighted by Gasteiger charge is -2.09. The summed E-state index contributed by atoms with van der Waals surface area (Å²) >= 11 is 5.80. The van der Waals surface area contributed by atoms with Crippen molar-refractivity contribution in [3.63, 3.8) is 0 Å². The number of hydrogen-bond acceptors (Lipinski definition) is 2. The number of carbonyl (C=O) groups is 1. The largest absolute Gasteiger partial charge is 0.494 e. The van der Waals surface area contributed by atoms with E-state index in [1.54, 1.807) is 0 Å². The number of ether oxygens (including phenoxy) is 1. The minimum atomic E-state index is -0.660. The van der Waals surface area contributed by atoms with Gasteiger partial charge in [0, 0.05) is 6.54 Å². The molecule has 0 bridgehead atoms. The highest BCUT2D eigenvalue weighted by atomic mass is 35.5. The van der Waals surface area contributed by atoms with Crippen LogP contribution in [0.4, 0.5) is 8.78 Å². The van der Waals surface area contributed by atoms with Gasteiger partial charge in [0.05, 0.1) is 17.2 Å². The summed E-state index contributed by atoms with van der Waals surface area (Å²) in [6.45, 7) is 0.654. The van der Waals surface area contributed by atoms with Crippen LogP contribution < -0.4 is 10.1 Å². The standard InChI is InChI=1S/C16H14ClF2NO2/c17-13-3-1-4-14(19)15(13)16(21)20-9-2-10-22-12-7-5-11(18)6-8-12/h1,3-8H,2,9-10H2,(H,20,21). The van der Waals surface area contributed by atoms with E-state index in [0.29, 0.717) is 25.3 Å². The molecule has 3 nitrogen and oxygen atoms in total. The Morgan fingerprint density at radius 2 is 1.86 bits per heavy atom. The first-order valence-corrected chi connectivity index (χ1v) is 7.06. The fraction of sp³-hybridized carbons (Fsp3) is 0.188. The molecule has 0 saturated carbocycles. The molecule has 0 aliphatic carbocycles. The van der Waals surface area contributed by atoms with E-state index < -0.39 is 11.7 Å². The van der Waals surface area contributed by atoms with Crippen molar-refractivity contribution in [1.82, 2.24) is 5.32 Å².